The van der Waals surface area contributed by atoms with Crippen molar-refractivity contribution < 1.29 is 4.79 Å². The highest BCUT2D eigenvalue weighted by Gasteiger charge is 2.14. The fourth-order valence-electron chi connectivity index (χ4n) is 2.40. The second-order valence-electron chi connectivity index (χ2n) is 5.85. The quantitative estimate of drug-likeness (QED) is 0.573. The van der Waals surface area contributed by atoms with Gasteiger partial charge in [-0.05, 0) is 23.8 Å². The molecule has 9 heteroatoms. The Kier molecular flexibility index (Phi) is 4.39. The summed E-state index contributed by atoms with van der Waals surface area (Å²) in [5.74, 6) is 0.680. The van der Waals surface area contributed by atoms with Gasteiger partial charge >= 0.3 is 0 Å². The number of hydrogen-bond acceptors (Lipinski definition) is 7. The normalized spacial score (nSPS) is 11.0. The second-order valence-corrected chi connectivity index (χ2v) is 7.89. The molecular formula is C17H16N6OS2. The lowest BCUT2D eigenvalue weighted by atomic mass is 10.2. The van der Waals surface area contributed by atoms with Gasteiger partial charge in [-0.2, -0.15) is 0 Å². The maximum absolute atomic E-state index is 12.5. The molecule has 0 fully saturated rings. The molecule has 0 aliphatic carbocycles. The topological polar surface area (TPSA) is 75.9 Å². The van der Waals surface area contributed by atoms with Crippen molar-refractivity contribution >= 4 is 43.2 Å². The van der Waals surface area contributed by atoms with E-state index in [4.69, 9.17) is 0 Å². The Balaban J connectivity index is 1.45. The average molecular weight is 384 g/mol. The number of pyridine rings is 1. The Bertz CT molecular complexity index is 1020. The Labute approximate surface area is 158 Å². The zero-order chi connectivity index (χ0) is 18.1. The van der Waals surface area contributed by atoms with Crippen molar-refractivity contribution in [2.75, 3.05) is 19.0 Å². The van der Waals surface area contributed by atoms with Crippen LogP contribution in [0.25, 0.3) is 15.3 Å². The first-order chi connectivity index (χ1) is 12.6. The number of amides is 1. The van der Waals surface area contributed by atoms with Crippen LogP contribution in [0.15, 0.2) is 43.1 Å². The number of thiophene rings is 1. The third-order valence-electron chi connectivity index (χ3n) is 3.72. The Morgan fingerprint density at radius 3 is 2.88 bits per heavy atom. The number of carbonyl (C=O) groups is 1. The summed E-state index contributed by atoms with van der Waals surface area (Å²) >= 11 is 3.00. The Hall–Kier alpha value is -2.78. The van der Waals surface area contributed by atoms with Crippen LogP contribution >= 0.6 is 22.7 Å². The summed E-state index contributed by atoms with van der Waals surface area (Å²) in [5.41, 5.74) is 0.975. The maximum Gasteiger partial charge on any atom is 0.261 e. The van der Waals surface area contributed by atoms with Crippen molar-refractivity contribution in [3.05, 3.63) is 53.6 Å². The van der Waals surface area contributed by atoms with Crippen molar-refractivity contribution in [1.82, 2.24) is 24.8 Å². The van der Waals surface area contributed by atoms with Gasteiger partial charge < -0.3 is 10.2 Å². The van der Waals surface area contributed by atoms with E-state index >= 15 is 0 Å². The summed E-state index contributed by atoms with van der Waals surface area (Å²) in [6.07, 6.45) is 6.95. The SMILES string of the molecule is CN(C)c1nc2sc(C(=O)NCc3ccnc(-n4ccnc4)c3)cc2s1. The predicted molar refractivity (Wildman–Crippen MR) is 104 cm³/mol. The van der Waals surface area contributed by atoms with Crippen molar-refractivity contribution in [2.24, 2.45) is 0 Å². The van der Waals surface area contributed by atoms with Crippen molar-refractivity contribution in [3.8, 4) is 5.82 Å². The van der Waals surface area contributed by atoms with Gasteiger partial charge in [0.1, 0.15) is 17.0 Å². The van der Waals surface area contributed by atoms with Crippen LogP contribution in [0.3, 0.4) is 0 Å². The van der Waals surface area contributed by atoms with Crippen LogP contribution in [0.1, 0.15) is 15.2 Å². The number of carbonyl (C=O) groups excluding carboxylic acids is 1. The van der Waals surface area contributed by atoms with Crippen LogP contribution < -0.4 is 10.2 Å². The summed E-state index contributed by atoms with van der Waals surface area (Å²) in [5, 5.41) is 3.91. The van der Waals surface area contributed by atoms with Gasteiger partial charge in [-0.1, -0.05) is 11.3 Å². The molecular weight excluding hydrogens is 368 g/mol. The van der Waals surface area contributed by atoms with E-state index in [2.05, 4.69) is 20.3 Å². The molecule has 132 valence electrons. The van der Waals surface area contributed by atoms with Crippen molar-refractivity contribution in [3.63, 3.8) is 0 Å². The van der Waals surface area contributed by atoms with E-state index in [1.54, 1.807) is 30.1 Å². The minimum Gasteiger partial charge on any atom is -0.354 e. The highest BCUT2D eigenvalue weighted by Crippen LogP contribution is 2.33. The zero-order valence-corrected chi connectivity index (χ0v) is 15.8. The maximum atomic E-state index is 12.5. The van der Waals surface area contributed by atoms with Gasteiger partial charge in [0.2, 0.25) is 0 Å². The molecule has 0 unspecified atom stereocenters. The van der Waals surface area contributed by atoms with Crippen LogP contribution in [0.4, 0.5) is 5.13 Å². The predicted octanol–water partition coefficient (Wildman–Crippen LogP) is 2.93. The summed E-state index contributed by atoms with van der Waals surface area (Å²) < 4.78 is 2.86. The molecule has 0 atom stereocenters. The highest BCUT2D eigenvalue weighted by molar-refractivity contribution is 7.29. The number of nitrogens with zero attached hydrogens (tertiary/aromatic N) is 5. The molecule has 26 heavy (non-hydrogen) atoms. The van der Waals surface area contributed by atoms with E-state index in [0.29, 0.717) is 11.4 Å². The van der Waals surface area contributed by atoms with Crippen molar-refractivity contribution in [2.45, 2.75) is 6.54 Å². The number of thiazole rings is 1. The van der Waals surface area contributed by atoms with Crippen LogP contribution in [0.2, 0.25) is 0 Å². The van der Waals surface area contributed by atoms with Gasteiger partial charge in [-0.25, -0.2) is 15.0 Å². The number of aromatic nitrogens is 4. The fourth-order valence-corrected chi connectivity index (χ4v) is 4.45. The lowest BCUT2D eigenvalue weighted by Gasteiger charge is -2.06. The molecule has 0 aromatic carbocycles. The van der Waals surface area contributed by atoms with Gasteiger partial charge in [0.25, 0.3) is 5.91 Å². The third-order valence-corrected chi connectivity index (χ3v) is 6.04. The summed E-state index contributed by atoms with van der Waals surface area (Å²) in [6, 6.07) is 5.72. The van der Waals surface area contributed by atoms with Gasteiger partial charge in [0.15, 0.2) is 5.13 Å². The minimum absolute atomic E-state index is 0.0902. The summed E-state index contributed by atoms with van der Waals surface area (Å²) in [6.45, 7) is 0.435. The number of nitrogens with one attached hydrogen (secondary N) is 1. The molecule has 4 heterocycles. The third kappa shape index (κ3) is 3.31. The smallest absolute Gasteiger partial charge is 0.261 e. The first kappa shape index (κ1) is 16.7. The van der Waals surface area contributed by atoms with Crippen LogP contribution in [0, 0.1) is 0 Å². The molecule has 7 nitrogen and oxygen atoms in total. The Morgan fingerprint density at radius 1 is 1.27 bits per heavy atom. The standard InChI is InChI=1S/C17H16N6OS2/c1-22(2)17-21-16-13(26-17)8-12(25-16)15(24)20-9-11-3-4-19-14(7-11)23-6-5-18-10-23/h3-8,10H,9H2,1-2H3,(H,20,24). The molecule has 0 saturated heterocycles. The highest BCUT2D eigenvalue weighted by atomic mass is 32.1. The monoisotopic (exact) mass is 384 g/mol. The molecule has 4 aromatic heterocycles. The van der Waals surface area contributed by atoms with Crippen LogP contribution in [-0.4, -0.2) is 39.5 Å². The van der Waals surface area contributed by atoms with E-state index < -0.39 is 0 Å². The molecule has 0 radical (unpaired) electrons. The van der Waals surface area contributed by atoms with Crippen LogP contribution in [-0.2, 0) is 6.54 Å². The molecule has 4 rings (SSSR count). The van der Waals surface area contributed by atoms with Gasteiger partial charge in [-0.15, -0.1) is 11.3 Å². The van der Waals surface area contributed by atoms with Crippen molar-refractivity contribution in [1.29, 1.82) is 0 Å². The molecule has 0 aliphatic heterocycles. The number of anilines is 1. The molecule has 0 spiro atoms. The fraction of sp³-hybridized carbons (Fsp3) is 0.176. The number of hydrogen-bond donors (Lipinski definition) is 1. The summed E-state index contributed by atoms with van der Waals surface area (Å²) in [7, 11) is 3.92. The molecule has 0 saturated carbocycles. The molecule has 1 N–H and O–H groups in total. The van der Waals surface area contributed by atoms with E-state index in [-0.39, 0.29) is 5.91 Å². The molecule has 4 aromatic rings. The number of imidazole rings is 1. The number of fused-ring (bicyclic) bond motifs is 1. The molecule has 0 bridgehead atoms. The zero-order valence-electron chi connectivity index (χ0n) is 14.2. The first-order valence-corrected chi connectivity index (χ1v) is 9.52. The lowest BCUT2D eigenvalue weighted by Crippen LogP contribution is -2.21. The van der Waals surface area contributed by atoms with Crippen LogP contribution in [0.5, 0.6) is 0 Å². The van der Waals surface area contributed by atoms with Gasteiger partial charge in [0.05, 0.1) is 9.58 Å². The summed E-state index contributed by atoms with van der Waals surface area (Å²) in [4.78, 5) is 28.9. The van der Waals surface area contributed by atoms with E-state index in [1.807, 2.05) is 48.0 Å². The lowest BCUT2D eigenvalue weighted by molar-refractivity contribution is 0.0955. The molecule has 1 amide bonds. The van der Waals surface area contributed by atoms with E-state index in [0.717, 1.165) is 26.0 Å². The van der Waals surface area contributed by atoms with E-state index in [9.17, 15) is 4.79 Å². The minimum atomic E-state index is -0.0902. The van der Waals surface area contributed by atoms with Gasteiger partial charge in [-0.3, -0.25) is 9.36 Å². The molecule has 0 aliphatic rings. The van der Waals surface area contributed by atoms with E-state index in [1.165, 1.54) is 11.3 Å². The van der Waals surface area contributed by atoms with Gasteiger partial charge in [0, 0.05) is 39.2 Å². The number of rotatable bonds is 5. The largest absolute Gasteiger partial charge is 0.354 e. The average Bonchev–Trinajstić information content (AvgIpc) is 3.35. The second kappa shape index (κ2) is 6.85. The first-order valence-electron chi connectivity index (χ1n) is 7.89. The Morgan fingerprint density at radius 2 is 2.15 bits per heavy atom.